The number of hydrogen-bond acceptors (Lipinski definition) is 4. The van der Waals surface area contributed by atoms with Gasteiger partial charge in [0.15, 0.2) is 0 Å². The van der Waals surface area contributed by atoms with E-state index in [-0.39, 0.29) is 11.2 Å². The number of sulfonamides is 1. The molecule has 2 aliphatic heterocycles. The Morgan fingerprint density at radius 2 is 1.68 bits per heavy atom. The summed E-state index contributed by atoms with van der Waals surface area (Å²) in [7, 11) is -3.37. The first-order valence-electron chi connectivity index (χ1n) is 12.1. The zero-order valence-electron chi connectivity index (χ0n) is 18.8. The van der Waals surface area contributed by atoms with Crippen LogP contribution in [0.1, 0.15) is 75.8 Å². The van der Waals surface area contributed by atoms with E-state index in [1.165, 1.54) is 17.5 Å². The fraction of sp³-hybridized carbons (Fsp3) is 0.750. The molecule has 1 saturated heterocycles. The number of aromatic nitrogens is 1. The van der Waals surface area contributed by atoms with Crippen molar-refractivity contribution in [2.24, 2.45) is 17.8 Å². The third kappa shape index (κ3) is 3.47. The van der Waals surface area contributed by atoms with Crippen LogP contribution in [0.4, 0.5) is 5.69 Å². The van der Waals surface area contributed by atoms with Crippen molar-refractivity contribution in [3.63, 3.8) is 0 Å². The van der Waals surface area contributed by atoms with Gasteiger partial charge in [0, 0.05) is 32.8 Å². The Kier molecular flexibility index (Phi) is 5.51. The molecule has 3 heterocycles. The molecule has 2 saturated carbocycles. The maximum atomic E-state index is 13.9. The predicted molar refractivity (Wildman–Crippen MR) is 121 cm³/mol. The number of hydrogen-bond donors (Lipinski definition) is 0. The number of anilines is 1. The smallest absolute Gasteiger partial charge is 0.238 e. The first-order chi connectivity index (χ1) is 14.9. The van der Waals surface area contributed by atoms with Crippen LogP contribution >= 0.6 is 0 Å². The number of fused-ring (bicyclic) bond motifs is 3. The number of amides is 1. The van der Waals surface area contributed by atoms with Gasteiger partial charge in [-0.15, -0.1) is 0 Å². The minimum atomic E-state index is -3.37. The quantitative estimate of drug-likeness (QED) is 0.711. The summed E-state index contributed by atoms with van der Waals surface area (Å²) in [6.45, 7) is 5.99. The Bertz CT molecular complexity index is 941. The van der Waals surface area contributed by atoms with E-state index >= 15 is 0 Å². The fourth-order valence-corrected chi connectivity index (χ4v) is 9.62. The number of likely N-dealkylation sites (tertiary alicyclic amines) is 1. The number of carbonyl (C=O) groups excluding carboxylic acids is 1. The van der Waals surface area contributed by atoms with Crippen molar-refractivity contribution in [2.75, 3.05) is 23.9 Å². The zero-order valence-corrected chi connectivity index (χ0v) is 19.6. The molecule has 7 heteroatoms. The van der Waals surface area contributed by atoms with Crippen LogP contribution in [-0.2, 0) is 21.2 Å². The van der Waals surface area contributed by atoms with Crippen molar-refractivity contribution in [3.05, 3.63) is 23.5 Å². The second-order valence-electron chi connectivity index (χ2n) is 10.2. The van der Waals surface area contributed by atoms with Gasteiger partial charge in [-0.05, 0) is 66.9 Å². The van der Waals surface area contributed by atoms with Crippen molar-refractivity contribution in [1.29, 1.82) is 0 Å². The molecular weight excluding hydrogens is 410 g/mol. The number of pyridine rings is 1. The number of piperidine rings is 1. The Balaban J connectivity index is 1.40. The Morgan fingerprint density at radius 1 is 1.00 bits per heavy atom. The van der Waals surface area contributed by atoms with E-state index in [1.54, 1.807) is 17.4 Å². The molecule has 170 valence electrons. The molecule has 4 aliphatic rings. The van der Waals surface area contributed by atoms with Crippen LogP contribution in [0.2, 0.25) is 0 Å². The molecule has 31 heavy (non-hydrogen) atoms. The third-order valence-corrected chi connectivity index (χ3v) is 11.1. The molecule has 1 aromatic rings. The van der Waals surface area contributed by atoms with E-state index in [1.807, 2.05) is 11.1 Å². The molecule has 0 spiro atoms. The summed E-state index contributed by atoms with van der Waals surface area (Å²) < 4.78 is 29.4. The first kappa shape index (κ1) is 21.2. The zero-order chi connectivity index (χ0) is 21.8. The lowest BCUT2D eigenvalue weighted by Crippen LogP contribution is -2.58. The van der Waals surface area contributed by atoms with E-state index in [4.69, 9.17) is 0 Å². The van der Waals surface area contributed by atoms with Crippen molar-refractivity contribution in [3.8, 4) is 0 Å². The molecule has 1 aromatic heterocycles. The summed E-state index contributed by atoms with van der Waals surface area (Å²) in [6.07, 6.45) is 12.0. The maximum absolute atomic E-state index is 13.9. The second kappa shape index (κ2) is 8.05. The summed E-state index contributed by atoms with van der Waals surface area (Å²) >= 11 is 0. The largest absolute Gasteiger partial charge is 0.343 e. The van der Waals surface area contributed by atoms with Crippen LogP contribution < -0.4 is 4.31 Å². The Hall–Kier alpha value is -1.63. The highest BCUT2D eigenvalue weighted by Crippen LogP contribution is 2.53. The molecule has 3 fully saturated rings. The van der Waals surface area contributed by atoms with E-state index in [0.29, 0.717) is 30.2 Å². The highest BCUT2D eigenvalue weighted by molar-refractivity contribution is 7.93. The van der Waals surface area contributed by atoms with Gasteiger partial charge >= 0.3 is 0 Å². The molecule has 0 aromatic carbocycles. The van der Waals surface area contributed by atoms with Crippen molar-refractivity contribution >= 4 is 21.6 Å². The molecule has 5 rings (SSSR count). The summed E-state index contributed by atoms with van der Waals surface area (Å²) in [6, 6.07) is 0. The summed E-state index contributed by atoms with van der Waals surface area (Å²) in [5.74, 6) is 1.64. The van der Waals surface area contributed by atoms with Gasteiger partial charge in [-0.25, -0.2) is 8.42 Å². The minimum absolute atomic E-state index is 0.138. The van der Waals surface area contributed by atoms with Gasteiger partial charge in [0.05, 0.1) is 17.1 Å². The molecule has 2 bridgehead atoms. The molecule has 6 nitrogen and oxygen atoms in total. The SMILES string of the molecule is CC(=O)N1CCC(c2cncc3c2CCN3S(=O)(=O)C2C3CCCCCC2C3C)CC1. The Morgan fingerprint density at radius 3 is 2.32 bits per heavy atom. The normalized spacial score (nSPS) is 31.5. The molecule has 2 unspecified atom stereocenters. The van der Waals surface area contributed by atoms with Gasteiger partial charge in [0.2, 0.25) is 15.9 Å². The van der Waals surface area contributed by atoms with Gasteiger partial charge in [0.25, 0.3) is 0 Å². The highest BCUT2D eigenvalue weighted by Gasteiger charge is 2.56. The standard InChI is InChI=1S/C24H35N3O3S/c1-16-19-6-4-3-5-7-20(16)24(19)31(29,30)27-13-10-21-22(14-25-15-23(21)27)18-8-11-26(12-9-18)17(2)28/h14-16,18-20,24H,3-13H2,1-2H3. The first-order valence-corrected chi connectivity index (χ1v) is 13.6. The van der Waals surface area contributed by atoms with Crippen molar-refractivity contribution in [2.45, 2.75) is 76.4 Å². The van der Waals surface area contributed by atoms with Crippen LogP contribution in [0.3, 0.4) is 0 Å². The number of carbonyl (C=O) groups is 1. The molecule has 1 amide bonds. The van der Waals surface area contributed by atoms with Gasteiger partial charge in [-0.3, -0.25) is 14.1 Å². The predicted octanol–water partition coefficient (Wildman–Crippen LogP) is 3.71. The lowest BCUT2D eigenvalue weighted by Gasteiger charge is -2.52. The average molecular weight is 446 g/mol. The van der Waals surface area contributed by atoms with Crippen LogP contribution in [0, 0.1) is 17.8 Å². The van der Waals surface area contributed by atoms with Gasteiger partial charge in [0.1, 0.15) is 0 Å². The van der Waals surface area contributed by atoms with Gasteiger partial charge in [-0.2, -0.15) is 0 Å². The second-order valence-corrected chi connectivity index (χ2v) is 12.2. The number of rotatable bonds is 3. The molecule has 0 radical (unpaired) electrons. The van der Waals surface area contributed by atoms with Gasteiger partial charge in [-0.1, -0.05) is 26.2 Å². The molecule has 2 atom stereocenters. The minimum Gasteiger partial charge on any atom is -0.343 e. The summed E-state index contributed by atoms with van der Waals surface area (Å²) in [5, 5.41) is -0.212. The average Bonchev–Trinajstić information content (AvgIpc) is 3.17. The third-order valence-electron chi connectivity index (χ3n) is 8.70. The topological polar surface area (TPSA) is 70.6 Å². The molecule has 2 aliphatic carbocycles. The highest BCUT2D eigenvalue weighted by atomic mass is 32.2. The van der Waals surface area contributed by atoms with Crippen molar-refractivity contribution < 1.29 is 13.2 Å². The van der Waals surface area contributed by atoms with E-state index in [0.717, 1.165) is 63.7 Å². The Labute approximate surface area is 186 Å². The summed E-state index contributed by atoms with van der Waals surface area (Å²) in [5.41, 5.74) is 3.20. The monoisotopic (exact) mass is 445 g/mol. The van der Waals surface area contributed by atoms with Gasteiger partial charge < -0.3 is 4.90 Å². The van der Waals surface area contributed by atoms with E-state index < -0.39 is 10.0 Å². The van der Waals surface area contributed by atoms with E-state index in [9.17, 15) is 13.2 Å². The fourth-order valence-electron chi connectivity index (χ4n) is 6.90. The van der Waals surface area contributed by atoms with E-state index in [2.05, 4.69) is 11.9 Å². The van der Waals surface area contributed by atoms with Crippen LogP contribution in [-0.4, -0.2) is 49.1 Å². The van der Waals surface area contributed by atoms with Crippen LogP contribution in [0.15, 0.2) is 12.4 Å². The molecule has 0 N–H and O–H groups in total. The van der Waals surface area contributed by atoms with Crippen molar-refractivity contribution in [1.82, 2.24) is 9.88 Å². The number of nitrogens with zero attached hydrogens (tertiary/aromatic N) is 3. The van der Waals surface area contributed by atoms with Crippen LogP contribution in [0.5, 0.6) is 0 Å². The summed E-state index contributed by atoms with van der Waals surface area (Å²) in [4.78, 5) is 18.1. The molecular formula is C24H35N3O3S. The lowest BCUT2D eigenvalue weighted by atomic mass is 9.60. The lowest BCUT2D eigenvalue weighted by molar-refractivity contribution is -0.129. The maximum Gasteiger partial charge on any atom is 0.238 e. The van der Waals surface area contributed by atoms with Crippen LogP contribution in [0.25, 0.3) is 0 Å².